The van der Waals surface area contributed by atoms with Gasteiger partial charge in [-0.3, -0.25) is 0 Å². The Morgan fingerprint density at radius 1 is 1.75 bits per heavy atom. The highest BCUT2D eigenvalue weighted by Crippen LogP contribution is 1.93. The number of aryl methyl sites for hydroxylation is 1. The third kappa shape index (κ3) is 2.23. The summed E-state index contributed by atoms with van der Waals surface area (Å²) in [6.45, 7) is 1.88. The van der Waals surface area contributed by atoms with Gasteiger partial charge in [-0.15, -0.1) is 0 Å². The summed E-state index contributed by atoms with van der Waals surface area (Å²) in [5, 5.41) is 0. The number of ether oxygens (including phenoxy) is 1. The molecule has 0 fully saturated rings. The van der Waals surface area contributed by atoms with Crippen LogP contribution in [0.5, 0.6) is 0 Å². The first-order valence-corrected chi connectivity index (χ1v) is 3.48. The van der Waals surface area contributed by atoms with E-state index in [1.165, 1.54) is 13.2 Å². The number of rotatable bonds is 2. The van der Waals surface area contributed by atoms with Crippen LogP contribution in [0.2, 0.25) is 0 Å². The molecule has 0 N–H and O–H groups in total. The molecule has 1 aromatic rings. The third-order valence-electron chi connectivity index (χ3n) is 1.31. The van der Waals surface area contributed by atoms with Gasteiger partial charge in [-0.05, 0) is 6.92 Å². The lowest BCUT2D eigenvalue weighted by molar-refractivity contribution is -0.134. The van der Waals surface area contributed by atoms with Crippen molar-refractivity contribution in [2.45, 2.75) is 6.92 Å². The molecule has 0 aliphatic heterocycles. The first-order valence-electron chi connectivity index (χ1n) is 3.48. The second-order valence-electron chi connectivity index (χ2n) is 2.30. The van der Waals surface area contributed by atoms with E-state index in [0.717, 1.165) is 5.69 Å². The molecule has 0 aliphatic rings. The zero-order valence-corrected chi connectivity index (χ0v) is 7.02. The van der Waals surface area contributed by atoms with E-state index >= 15 is 0 Å². The topological polar surface area (TPSA) is 44.1 Å². The Labute approximate surface area is 70.5 Å². The van der Waals surface area contributed by atoms with Crippen LogP contribution in [0.1, 0.15) is 5.69 Å². The van der Waals surface area contributed by atoms with Gasteiger partial charge in [0.15, 0.2) is 0 Å². The highest BCUT2D eigenvalue weighted by Gasteiger charge is 1.91. The van der Waals surface area contributed by atoms with Gasteiger partial charge < -0.3 is 9.30 Å². The number of carbonyl (C=O) groups is 1. The van der Waals surface area contributed by atoms with E-state index in [0.29, 0.717) is 0 Å². The second-order valence-corrected chi connectivity index (χ2v) is 2.30. The fourth-order valence-corrected chi connectivity index (χ4v) is 0.737. The van der Waals surface area contributed by atoms with Crippen LogP contribution in [0.4, 0.5) is 0 Å². The molecule has 0 unspecified atom stereocenters. The number of hydrogen-bond acceptors (Lipinski definition) is 3. The molecule has 0 saturated heterocycles. The Hall–Kier alpha value is -1.58. The quantitative estimate of drug-likeness (QED) is 0.483. The first-order chi connectivity index (χ1) is 5.72. The third-order valence-corrected chi connectivity index (χ3v) is 1.31. The molecule has 0 aliphatic carbocycles. The van der Waals surface area contributed by atoms with Crippen LogP contribution >= 0.6 is 0 Å². The Kier molecular flexibility index (Phi) is 2.63. The van der Waals surface area contributed by atoms with E-state index in [-0.39, 0.29) is 5.97 Å². The van der Waals surface area contributed by atoms with E-state index < -0.39 is 0 Å². The van der Waals surface area contributed by atoms with Gasteiger partial charge in [-0.1, -0.05) is 0 Å². The Morgan fingerprint density at radius 3 is 3.00 bits per heavy atom. The van der Waals surface area contributed by atoms with Crippen LogP contribution in [0.3, 0.4) is 0 Å². The fraction of sp³-hybridized carbons (Fsp3) is 0.250. The van der Waals surface area contributed by atoms with Gasteiger partial charge >= 0.3 is 5.97 Å². The van der Waals surface area contributed by atoms with Gasteiger partial charge in [0.1, 0.15) is 0 Å². The molecular weight excluding hydrogens is 156 g/mol. The number of methoxy groups -OCH3 is 1. The standard InChI is InChI=1S/C8H10N2O2/c1-7-5-10(6-9-7)4-3-8(11)12-2/h3-6H,1-2H3/b4-3+. The van der Waals surface area contributed by atoms with Crippen molar-refractivity contribution in [3.05, 3.63) is 24.3 Å². The monoisotopic (exact) mass is 166 g/mol. The van der Waals surface area contributed by atoms with Crippen molar-refractivity contribution in [3.63, 3.8) is 0 Å². The number of aromatic nitrogens is 2. The summed E-state index contributed by atoms with van der Waals surface area (Å²) in [5.41, 5.74) is 0.907. The SMILES string of the molecule is COC(=O)/C=C/n1cnc(C)c1. The minimum atomic E-state index is -0.374. The van der Waals surface area contributed by atoms with Crippen molar-refractivity contribution in [3.8, 4) is 0 Å². The summed E-state index contributed by atoms with van der Waals surface area (Å²) in [6.07, 6.45) is 6.35. The van der Waals surface area contributed by atoms with Crippen LogP contribution in [-0.2, 0) is 9.53 Å². The van der Waals surface area contributed by atoms with Crippen molar-refractivity contribution in [2.24, 2.45) is 0 Å². The maximum Gasteiger partial charge on any atom is 0.331 e. The maximum atomic E-state index is 10.6. The molecule has 12 heavy (non-hydrogen) atoms. The lowest BCUT2D eigenvalue weighted by atomic mass is 10.5. The van der Waals surface area contributed by atoms with E-state index in [1.807, 2.05) is 6.92 Å². The summed E-state index contributed by atoms with van der Waals surface area (Å²) in [4.78, 5) is 14.6. The number of carbonyl (C=O) groups excluding carboxylic acids is 1. The number of imidazole rings is 1. The summed E-state index contributed by atoms with van der Waals surface area (Å²) in [6, 6.07) is 0. The molecular formula is C8H10N2O2. The largest absolute Gasteiger partial charge is 0.466 e. The Balaban J connectivity index is 2.63. The van der Waals surface area contributed by atoms with Crippen LogP contribution in [0.25, 0.3) is 6.20 Å². The van der Waals surface area contributed by atoms with Crippen molar-refractivity contribution < 1.29 is 9.53 Å². The molecule has 0 bridgehead atoms. The van der Waals surface area contributed by atoms with Crippen LogP contribution < -0.4 is 0 Å². The van der Waals surface area contributed by atoms with Crippen LogP contribution in [0.15, 0.2) is 18.6 Å². The minimum absolute atomic E-state index is 0.374. The van der Waals surface area contributed by atoms with Crippen molar-refractivity contribution >= 4 is 12.2 Å². The summed E-state index contributed by atoms with van der Waals surface area (Å²) >= 11 is 0. The molecule has 64 valence electrons. The molecule has 4 heteroatoms. The maximum absolute atomic E-state index is 10.6. The predicted octanol–water partition coefficient (Wildman–Crippen LogP) is 0.835. The van der Waals surface area contributed by atoms with Gasteiger partial charge in [-0.25, -0.2) is 9.78 Å². The van der Waals surface area contributed by atoms with Gasteiger partial charge in [-0.2, -0.15) is 0 Å². The lowest BCUT2D eigenvalue weighted by Crippen LogP contribution is -1.94. The normalized spacial score (nSPS) is 10.5. The number of hydrogen-bond donors (Lipinski definition) is 0. The molecule has 0 atom stereocenters. The average molecular weight is 166 g/mol. The zero-order chi connectivity index (χ0) is 8.97. The second kappa shape index (κ2) is 3.71. The summed E-state index contributed by atoms with van der Waals surface area (Å²) < 4.78 is 6.11. The Bertz CT molecular complexity index is 302. The molecule has 0 spiro atoms. The number of esters is 1. The predicted molar refractivity (Wildman–Crippen MR) is 44.3 cm³/mol. The molecule has 1 aromatic heterocycles. The summed E-state index contributed by atoms with van der Waals surface area (Å²) in [7, 11) is 1.34. The highest BCUT2D eigenvalue weighted by molar-refractivity contribution is 5.84. The molecule has 0 amide bonds. The minimum Gasteiger partial charge on any atom is -0.466 e. The van der Waals surface area contributed by atoms with E-state index in [1.54, 1.807) is 23.3 Å². The molecule has 0 radical (unpaired) electrons. The van der Waals surface area contributed by atoms with Gasteiger partial charge in [0, 0.05) is 18.5 Å². The smallest absolute Gasteiger partial charge is 0.331 e. The van der Waals surface area contributed by atoms with Gasteiger partial charge in [0.05, 0.1) is 19.1 Å². The molecule has 1 rings (SSSR count). The lowest BCUT2D eigenvalue weighted by Gasteiger charge is -1.90. The van der Waals surface area contributed by atoms with Crippen LogP contribution in [0, 0.1) is 6.92 Å². The Morgan fingerprint density at radius 2 is 2.50 bits per heavy atom. The molecule has 1 heterocycles. The molecule has 0 saturated carbocycles. The van der Waals surface area contributed by atoms with Crippen molar-refractivity contribution in [2.75, 3.05) is 7.11 Å². The fourth-order valence-electron chi connectivity index (χ4n) is 0.737. The highest BCUT2D eigenvalue weighted by atomic mass is 16.5. The number of nitrogens with zero attached hydrogens (tertiary/aromatic N) is 2. The van der Waals surface area contributed by atoms with Gasteiger partial charge in [0.25, 0.3) is 0 Å². The summed E-state index contributed by atoms with van der Waals surface area (Å²) in [5.74, 6) is -0.374. The molecule has 4 nitrogen and oxygen atoms in total. The zero-order valence-electron chi connectivity index (χ0n) is 7.02. The van der Waals surface area contributed by atoms with Gasteiger partial charge in [0.2, 0.25) is 0 Å². The van der Waals surface area contributed by atoms with Crippen LogP contribution in [-0.4, -0.2) is 22.6 Å². The van der Waals surface area contributed by atoms with E-state index in [2.05, 4.69) is 9.72 Å². The molecule has 0 aromatic carbocycles. The van der Waals surface area contributed by atoms with E-state index in [4.69, 9.17) is 0 Å². The van der Waals surface area contributed by atoms with E-state index in [9.17, 15) is 4.79 Å². The van der Waals surface area contributed by atoms with Crippen molar-refractivity contribution in [1.82, 2.24) is 9.55 Å². The van der Waals surface area contributed by atoms with Crippen molar-refractivity contribution in [1.29, 1.82) is 0 Å². The average Bonchev–Trinajstić information content (AvgIpc) is 2.47. The first kappa shape index (κ1) is 8.52.